The molecule has 0 unspecified atom stereocenters. The largest absolute Gasteiger partial charge is 0.504 e. The zero-order chi connectivity index (χ0) is 21.5. The summed E-state index contributed by atoms with van der Waals surface area (Å²) in [5, 5.41) is 30.7. The number of benzene rings is 1. The van der Waals surface area contributed by atoms with Crippen LogP contribution in [0, 0.1) is 0 Å². The molecule has 0 bridgehead atoms. The van der Waals surface area contributed by atoms with Gasteiger partial charge in [0, 0.05) is 12.8 Å². The molecule has 6 nitrogen and oxygen atoms in total. The molecule has 1 aromatic rings. The van der Waals surface area contributed by atoms with Gasteiger partial charge in [0.05, 0.1) is 0 Å². The predicted molar refractivity (Wildman–Crippen MR) is 114 cm³/mol. The van der Waals surface area contributed by atoms with Crippen LogP contribution in [0.5, 0.6) is 11.5 Å². The first-order valence-electron chi connectivity index (χ1n) is 10.6. The van der Waals surface area contributed by atoms with Crippen molar-refractivity contribution in [3.05, 3.63) is 35.9 Å². The number of hydrogen-bond donors (Lipinski definition) is 4. The number of carboxylic acids is 1. The van der Waals surface area contributed by atoms with E-state index in [1.54, 1.807) is 0 Å². The lowest BCUT2D eigenvalue weighted by Gasteiger charge is -2.15. The van der Waals surface area contributed by atoms with Gasteiger partial charge in [-0.3, -0.25) is 4.79 Å². The Labute approximate surface area is 173 Å². The zero-order valence-corrected chi connectivity index (χ0v) is 17.4. The van der Waals surface area contributed by atoms with Gasteiger partial charge < -0.3 is 20.6 Å². The number of aromatic hydroxyl groups is 2. The number of carbonyl (C=O) groups is 2. The molecule has 1 amide bonds. The summed E-state index contributed by atoms with van der Waals surface area (Å²) in [7, 11) is 0. The van der Waals surface area contributed by atoms with Crippen molar-refractivity contribution in [2.45, 2.75) is 83.6 Å². The van der Waals surface area contributed by atoms with Gasteiger partial charge in [0.15, 0.2) is 11.5 Å². The summed E-state index contributed by atoms with van der Waals surface area (Å²) in [5.41, 5.74) is 0.525. The number of nitrogens with one attached hydrogen (secondary N) is 1. The first-order chi connectivity index (χ1) is 13.9. The third-order valence-corrected chi connectivity index (χ3v) is 4.78. The van der Waals surface area contributed by atoms with Gasteiger partial charge in [-0.2, -0.15) is 0 Å². The second kappa shape index (κ2) is 14.5. The summed E-state index contributed by atoms with van der Waals surface area (Å²) < 4.78 is 0. The van der Waals surface area contributed by atoms with Crippen LogP contribution in [0.2, 0.25) is 0 Å². The van der Waals surface area contributed by atoms with Crippen molar-refractivity contribution < 1.29 is 24.9 Å². The van der Waals surface area contributed by atoms with Crippen LogP contribution in [-0.2, 0) is 16.0 Å². The molecule has 0 aliphatic rings. The number of carbonyl (C=O) groups excluding carboxylic acids is 1. The summed E-state index contributed by atoms with van der Waals surface area (Å²) in [5.74, 6) is -1.98. The Morgan fingerprint density at radius 3 is 2.28 bits per heavy atom. The minimum atomic E-state index is -1.13. The smallest absolute Gasteiger partial charge is 0.326 e. The van der Waals surface area contributed by atoms with Gasteiger partial charge in [-0.1, -0.05) is 57.2 Å². The second-order valence-electron chi connectivity index (χ2n) is 7.41. The van der Waals surface area contributed by atoms with Gasteiger partial charge in [0.1, 0.15) is 6.04 Å². The molecule has 0 radical (unpaired) electrons. The first-order valence-corrected chi connectivity index (χ1v) is 10.6. The van der Waals surface area contributed by atoms with E-state index in [9.17, 15) is 24.9 Å². The number of amides is 1. The van der Waals surface area contributed by atoms with Gasteiger partial charge in [-0.15, -0.1) is 0 Å². The molecule has 29 heavy (non-hydrogen) atoms. The number of unbranched alkanes of at least 4 members (excludes halogenated alkanes) is 7. The van der Waals surface area contributed by atoms with E-state index in [0.717, 1.165) is 44.9 Å². The summed E-state index contributed by atoms with van der Waals surface area (Å²) >= 11 is 0. The number of phenols is 2. The average molecular weight is 406 g/mol. The molecule has 0 fully saturated rings. The summed E-state index contributed by atoms with van der Waals surface area (Å²) in [6, 6.07) is 3.06. The molecule has 0 aromatic heterocycles. The fraction of sp³-hybridized carbons (Fsp3) is 0.565. The molecule has 0 heterocycles. The van der Waals surface area contributed by atoms with E-state index in [4.69, 9.17) is 0 Å². The Morgan fingerprint density at radius 1 is 0.966 bits per heavy atom. The van der Waals surface area contributed by atoms with Crippen molar-refractivity contribution in [2.24, 2.45) is 0 Å². The molecular formula is C23H35NO5. The monoisotopic (exact) mass is 405 g/mol. The molecular weight excluding hydrogens is 370 g/mol. The minimum Gasteiger partial charge on any atom is -0.504 e. The molecule has 0 aliphatic carbocycles. The van der Waals surface area contributed by atoms with Crippen LogP contribution in [0.1, 0.15) is 76.7 Å². The van der Waals surface area contributed by atoms with Crippen LogP contribution >= 0.6 is 0 Å². The molecule has 0 saturated carbocycles. The highest BCUT2D eigenvalue weighted by molar-refractivity contribution is 5.83. The fourth-order valence-corrected chi connectivity index (χ4v) is 3.03. The molecule has 1 aromatic carbocycles. The second-order valence-corrected chi connectivity index (χ2v) is 7.41. The average Bonchev–Trinajstić information content (AvgIpc) is 2.68. The number of phenolic OH excluding ortho intramolecular Hbond substituents is 2. The highest BCUT2D eigenvalue weighted by atomic mass is 16.4. The van der Waals surface area contributed by atoms with Crippen molar-refractivity contribution in [2.75, 3.05) is 0 Å². The predicted octanol–water partition coefficient (Wildman–Crippen LogP) is 4.69. The van der Waals surface area contributed by atoms with Gasteiger partial charge in [0.25, 0.3) is 0 Å². The van der Waals surface area contributed by atoms with Crippen LogP contribution in [0.4, 0.5) is 0 Å². The highest BCUT2D eigenvalue weighted by Crippen LogP contribution is 2.25. The van der Waals surface area contributed by atoms with Gasteiger partial charge in [-0.05, 0) is 43.4 Å². The molecule has 1 rings (SSSR count). The third kappa shape index (κ3) is 11.2. The maximum absolute atomic E-state index is 12.1. The highest BCUT2D eigenvalue weighted by Gasteiger charge is 2.20. The minimum absolute atomic E-state index is 0.0423. The van der Waals surface area contributed by atoms with Gasteiger partial charge >= 0.3 is 5.97 Å². The maximum atomic E-state index is 12.1. The van der Waals surface area contributed by atoms with E-state index in [-0.39, 0.29) is 23.8 Å². The van der Waals surface area contributed by atoms with Crippen molar-refractivity contribution in [1.82, 2.24) is 5.32 Å². The van der Waals surface area contributed by atoms with Gasteiger partial charge in [0.2, 0.25) is 5.91 Å². The lowest BCUT2D eigenvalue weighted by Crippen LogP contribution is -2.42. The van der Waals surface area contributed by atoms with Gasteiger partial charge in [-0.25, -0.2) is 4.79 Å². The van der Waals surface area contributed by atoms with Crippen LogP contribution in [-0.4, -0.2) is 33.2 Å². The Kier molecular flexibility index (Phi) is 12.3. The van der Waals surface area contributed by atoms with E-state index in [0.29, 0.717) is 12.0 Å². The van der Waals surface area contributed by atoms with Crippen LogP contribution < -0.4 is 5.32 Å². The first kappa shape index (κ1) is 24.5. The molecule has 0 saturated heterocycles. The number of allylic oxidation sites excluding steroid dienone is 2. The number of aliphatic carboxylic acids is 1. The Hall–Kier alpha value is -2.50. The quantitative estimate of drug-likeness (QED) is 0.192. The Bertz CT molecular complexity index is 657. The fourth-order valence-electron chi connectivity index (χ4n) is 3.03. The summed E-state index contributed by atoms with van der Waals surface area (Å²) in [4.78, 5) is 23.5. The van der Waals surface area contributed by atoms with E-state index in [1.165, 1.54) is 31.0 Å². The van der Waals surface area contributed by atoms with E-state index in [2.05, 4.69) is 24.4 Å². The zero-order valence-electron chi connectivity index (χ0n) is 17.4. The third-order valence-electron chi connectivity index (χ3n) is 4.78. The van der Waals surface area contributed by atoms with E-state index in [1.807, 2.05) is 0 Å². The molecule has 1 atom stereocenters. The molecule has 162 valence electrons. The summed E-state index contributed by atoms with van der Waals surface area (Å²) in [6.45, 7) is 2.19. The van der Waals surface area contributed by atoms with Crippen LogP contribution in [0.3, 0.4) is 0 Å². The number of carboxylic acid groups (broad SMARTS) is 1. The normalized spacial score (nSPS) is 12.2. The topological polar surface area (TPSA) is 107 Å². The maximum Gasteiger partial charge on any atom is 0.326 e. The molecule has 0 aliphatic heterocycles. The molecule has 4 N–H and O–H groups in total. The Balaban J connectivity index is 2.21. The summed E-state index contributed by atoms with van der Waals surface area (Å²) in [6.07, 6.45) is 14.7. The van der Waals surface area contributed by atoms with Crippen molar-refractivity contribution in [1.29, 1.82) is 0 Å². The van der Waals surface area contributed by atoms with Crippen LogP contribution in [0.15, 0.2) is 30.4 Å². The number of hydrogen-bond acceptors (Lipinski definition) is 4. The SMILES string of the molecule is CCCC/C=C\CCCCCCCC(=O)N[C@@H](Cc1ccc(O)c(O)c1)C(=O)O. The van der Waals surface area contributed by atoms with E-state index < -0.39 is 12.0 Å². The van der Waals surface area contributed by atoms with Crippen molar-refractivity contribution >= 4 is 11.9 Å². The Morgan fingerprint density at radius 2 is 1.62 bits per heavy atom. The van der Waals surface area contributed by atoms with Crippen molar-refractivity contribution in [3.63, 3.8) is 0 Å². The molecule has 6 heteroatoms. The van der Waals surface area contributed by atoms with E-state index >= 15 is 0 Å². The van der Waals surface area contributed by atoms with Crippen LogP contribution in [0.25, 0.3) is 0 Å². The number of rotatable bonds is 15. The molecule has 0 spiro atoms. The van der Waals surface area contributed by atoms with Crippen molar-refractivity contribution in [3.8, 4) is 11.5 Å². The standard InChI is InChI=1S/C23H35NO5/c1-2-3-4-5-6-7-8-9-10-11-12-13-22(27)24-19(23(28)29)16-18-14-15-20(25)21(26)17-18/h5-6,14-15,17,19,25-26H,2-4,7-13,16H2,1H3,(H,24,27)(H,28,29)/b6-5-/t19-/m0/s1. The lowest BCUT2D eigenvalue weighted by atomic mass is 10.0. The lowest BCUT2D eigenvalue weighted by molar-refractivity contribution is -0.141.